The molecule has 130 valence electrons. The van der Waals surface area contributed by atoms with Crippen LogP contribution in [-0.4, -0.2) is 24.7 Å². The molecule has 6 heteroatoms. The summed E-state index contributed by atoms with van der Waals surface area (Å²) in [7, 11) is 0. The van der Waals surface area contributed by atoms with E-state index in [-0.39, 0.29) is 5.91 Å². The van der Waals surface area contributed by atoms with Crippen molar-refractivity contribution in [3.63, 3.8) is 0 Å². The summed E-state index contributed by atoms with van der Waals surface area (Å²) in [5, 5.41) is 16.3. The summed E-state index contributed by atoms with van der Waals surface area (Å²) in [6.45, 7) is -0.505. The van der Waals surface area contributed by atoms with E-state index in [9.17, 15) is 14.7 Å². The Morgan fingerprint density at radius 2 is 1.73 bits per heavy atom. The molecule has 0 unspecified atom stereocenters. The van der Waals surface area contributed by atoms with Gasteiger partial charge in [-0.2, -0.15) is 5.10 Å². The van der Waals surface area contributed by atoms with Gasteiger partial charge in [-0.05, 0) is 52.7 Å². The average Bonchev–Trinajstić information content (AvgIpc) is 2.67. The molecule has 3 aromatic carbocycles. The number of nitrogens with one attached hydrogen (secondary N) is 1. The first-order valence-corrected chi connectivity index (χ1v) is 7.87. The lowest BCUT2D eigenvalue weighted by Crippen LogP contribution is -2.28. The van der Waals surface area contributed by atoms with E-state index < -0.39 is 12.6 Å². The van der Waals surface area contributed by atoms with Crippen molar-refractivity contribution in [2.45, 2.75) is 0 Å². The number of amides is 1. The van der Waals surface area contributed by atoms with Crippen molar-refractivity contribution < 1.29 is 19.4 Å². The van der Waals surface area contributed by atoms with Crippen LogP contribution in [0, 0.1) is 0 Å². The summed E-state index contributed by atoms with van der Waals surface area (Å²) in [6.07, 6.45) is 1.49. The number of hydrogen-bond acceptors (Lipinski definition) is 5. The molecule has 0 spiro atoms. The number of carbonyl (C=O) groups is 2. The topological polar surface area (TPSA) is 90.8 Å². The number of hydrazone groups is 1. The molecular weight excluding hydrogens is 332 g/mol. The van der Waals surface area contributed by atoms with E-state index in [1.54, 1.807) is 30.3 Å². The van der Waals surface area contributed by atoms with E-state index in [1.807, 2.05) is 36.4 Å². The third-order valence-corrected chi connectivity index (χ3v) is 3.63. The lowest BCUT2D eigenvalue weighted by atomic mass is 10.1. The standard InChI is InChI=1S/C20H16N2O4/c23-19(24)13-26-18-9-5-14(6-10-18)12-21-22-20(25)17-8-7-15-3-1-2-4-16(15)11-17/h1-12H,13H2,(H,22,25)(H,23,24)/p-1. The molecule has 0 heterocycles. The molecule has 6 nitrogen and oxygen atoms in total. The van der Waals surface area contributed by atoms with Crippen LogP contribution in [0.5, 0.6) is 5.75 Å². The highest BCUT2D eigenvalue weighted by Gasteiger charge is 2.04. The zero-order chi connectivity index (χ0) is 18.4. The predicted molar refractivity (Wildman–Crippen MR) is 96.0 cm³/mol. The highest BCUT2D eigenvalue weighted by atomic mass is 16.5. The Hall–Kier alpha value is -3.67. The maximum absolute atomic E-state index is 12.2. The largest absolute Gasteiger partial charge is 0.546 e. The van der Waals surface area contributed by atoms with Crippen molar-refractivity contribution in [3.8, 4) is 5.75 Å². The Balaban J connectivity index is 1.60. The molecule has 0 atom stereocenters. The van der Waals surface area contributed by atoms with Crippen molar-refractivity contribution in [2.75, 3.05) is 6.61 Å². The zero-order valence-corrected chi connectivity index (χ0v) is 13.7. The van der Waals surface area contributed by atoms with Crippen LogP contribution in [0.15, 0.2) is 71.8 Å². The van der Waals surface area contributed by atoms with Gasteiger partial charge in [0.1, 0.15) is 12.4 Å². The number of carbonyl (C=O) groups excluding carboxylic acids is 2. The molecule has 26 heavy (non-hydrogen) atoms. The summed E-state index contributed by atoms with van der Waals surface area (Å²) >= 11 is 0. The molecule has 3 rings (SSSR count). The molecule has 1 amide bonds. The SMILES string of the molecule is O=C([O-])COc1ccc(C=NNC(=O)c2ccc3ccccc3c2)cc1. The normalized spacial score (nSPS) is 10.8. The van der Waals surface area contributed by atoms with Crippen LogP contribution in [0.25, 0.3) is 10.8 Å². The minimum Gasteiger partial charge on any atom is -0.546 e. The molecule has 0 fully saturated rings. The van der Waals surface area contributed by atoms with Gasteiger partial charge in [-0.1, -0.05) is 30.3 Å². The van der Waals surface area contributed by atoms with Crippen molar-refractivity contribution in [1.82, 2.24) is 5.43 Å². The van der Waals surface area contributed by atoms with Crippen molar-refractivity contribution in [1.29, 1.82) is 0 Å². The summed E-state index contributed by atoms with van der Waals surface area (Å²) in [4.78, 5) is 22.5. The molecule has 0 radical (unpaired) electrons. The molecule has 0 saturated carbocycles. The average molecular weight is 347 g/mol. The molecule has 3 aromatic rings. The molecule has 0 aliphatic carbocycles. The van der Waals surface area contributed by atoms with Crippen LogP contribution in [0.2, 0.25) is 0 Å². The Bertz CT molecular complexity index is 965. The van der Waals surface area contributed by atoms with Gasteiger partial charge in [0.05, 0.1) is 12.2 Å². The van der Waals surface area contributed by atoms with E-state index in [1.165, 1.54) is 6.21 Å². The first kappa shape index (κ1) is 17.2. The second kappa shape index (κ2) is 7.94. The fraction of sp³-hybridized carbons (Fsp3) is 0.0500. The van der Waals surface area contributed by atoms with E-state index in [2.05, 4.69) is 10.5 Å². The van der Waals surface area contributed by atoms with Gasteiger partial charge in [-0.15, -0.1) is 0 Å². The van der Waals surface area contributed by atoms with Crippen LogP contribution in [0.3, 0.4) is 0 Å². The first-order valence-electron chi connectivity index (χ1n) is 7.87. The van der Waals surface area contributed by atoms with Gasteiger partial charge in [0.15, 0.2) is 0 Å². The second-order valence-electron chi connectivity index (χ2n) is 5.49. The van der Waals surface area contributed by atoms with Gasteiger partial charge in [-0.25, -0.2) is 5.43 Å². The number of nitrogens with zero attached hydrogens (tertiary/aromatic N) is 1. The van der Waals surface area contributed by atoms with E-state index in [0.717, 1.165) is 16.3 Å². The summed E-state index contributed by atoms with van der Waals surface area (Å²) in [6, 6.07) is 19.8. The molecule has 0 bridgehead atoms. The van der Waals surface area contributed by atoms with Gasteiger partial charge in [0.25, 0.3) is 5.91 Å². The third-order valence-electron chi connectivity index (χ3n) is 3.63. The van der Waals surface area contributed by atoms with Gasteiger partial charge in [-0.3, -0.25) is 4.79 Å². The van der Waals surface area contributed by atoms with Gasteiger partial charge >= 0.3 is 0 Å². The Morgan fingerprint density at radius 1 is 1.00 bits per heavy atom. The van der Waals surface area contributed by atoms with Crippen molar-refractivity contribution in [2.24, 2.45) is 5.10 Å². The Labute approximate surface area is 149 Å². The molecular formula is C20H15N2O4-. The van der Waals surface area contributed by atoms with Crippen LogP contribution in [-0.2, 0) is 4.79 Å². The van der Waals surface area contributed by atoms with Crippen molar-refractivity contribution >= 4 is 28.9 Å². The lowest BCUT2D eigenvalue weighted by molar-refractivity contribution is -0.307. The minimum atomic E-state index is -1.29. The highest BCUT2D eigenvalue weighted by molar-refractivity contribution is 5.98. The monoisotopic (exact) mass is 347 g/mol. The summed E-state index contributed by atoms with van der Waals surface area (Å²) in [5.74, 6) is -1.18. The number of ether oxygens (including phenoxy) is 1. The van der Waals surface area contributed by atoms with Gasteiger partial charge < -0.3 is 14.6 Å². The maximum atomic E-state index is 12.2. The molecule has 0 saturated heterocycles. The number of hydrogen-bond donors (Lipinski definition) is 1. The summed E-state index contributed by atoms with van der Waals surface area (Å²) < 4.78 is 4.98. The fourth-order valence-electron chi connectivity index (χ4n) is 2.35. The number of fused-ring (bicyclic) bond motifs is 1. The van der Waals surface area contributed by atoms with Crippen LogP contribution < -0.4 is 15.3 Å². The van der Waals surface area contributed by atoms with E-state index in [4.69, 9.17) is 4.74 Å². The van der Waals surface area contributed by atoms with E-state index >= 15 is 0 Å². The van der Waals surface area contributed by atoms with Crippen LogP contribution in [0.1, 0.15) is 15.9 Å². The number of aliphatic carboxylic acids is 1. The first-order chi connectivity index (χ1) is 12.6. The maximum Gasteiger partial charge on any atom is 0.271 e. The van der Waals surface area contributed by atoms with Crippen molar-refractivity contribution in [3.05, 3.63) is 77.9 Å². The zero-order valence-electron chi connectivity index (χ0n) is 13.7. The molecule has 0 aliphatic heterocycles. The lowest BCUT2D eigenvalue weighted by Gasteiger charge is -2.06. The highest BCUT2D eigenvalue weighted by Crippen LogP contribution is 2.15. The third kappa shape index (κ3) is 4.45. The summed E-state index contributed by atoms with van der Waals surface area (Å²) in [5.41, 5.74) is 3.73. The molecule has 1 N–H and O–H groups in total. The Morgan fingerprint density at radius 3 is 2.46 bits per heavy atom. The van der Waals surface area contributed by atoms with Crippen LogP contribution in [0.4, 0.5) is 0 Å². The molecule has 0 aromatic heterocycles. The fourth-order valence-corrected chi connectivity index (χ4v) is 2.35. The second-order valence-corrected chi connectivity index (χ2v) is 5.49. The minimum absolute atomic E-state index is 0.305. The van der Waals surface area contributed by atoms with E-state index in [0.29, 0.717) is 11.3 Å². The smallest absolute Gasteiger partial charge is 0.271 e. The quantitative estimate of drug-likeness (QED) is 0.543. The Kier molecular flexibility index (Phi) is 5.24. The molecule has 0 aliphatic rings. The number of rotatable bonds is 6. The number of carboxylic acid groups (broad SMARTS) is 1. The number of benzene rings is 3. The van der Waals surface area contributed by atoms with Gasteiger partial charge in [0.2, 0.25) is 0 Å². The number of carboxylic acids is 1. The van der Waals surface area contributed by atoms with Gasteiger partial charge in [0, 0.05) is 5.56 Å². The van der Waals surface area contributed by atoms with Crippen LogP contribution >= 0.6 is 0 Å². The predicted octanol–water partition coefficient (Wildman–Crippen LogP) is 1.73.